The minimum atomic E-state index is 0.108. The van der Waals surface area contributed by atoms with E-state index in [0.29, 0.717) is 5.76 Å². The number of carbonyl (C=O) groups is 1. The smallest absolute Gasteiger partial charge is 0.254 e. The standard InChI is InChI=1S/C18H20N2O3/c21-18(20-9-2-10-22-16-4-1-3-15(16)20)14-7-5-13(6-8-14)17-11-19-12-23-17/h5-8,11-12,15-16H,1-4,9-10H2. The molecule has 0 radical (unpaired) electrons. The highest BCUT2D eigenvalue weighted by Gasteiger charge is 2.37. The Bertz CT molecular complexity index is 666. The van der Waals surface area contributed by atoms with E-state index in [0.717, 1.165) is 50.0 Å². The Morgan fingerprint density at radius 3 is 2.83 bits per heavy atom. The molecule has 1 amide bonds. The molecule has 2 unspecified atom stereocenters. The summed E-state index contributed by atoms with van der Waals surface area (Å²) in [5, 5.41) is 0. The van der Waals surface area contributed by atoms with Gasteiger partial charge in [0.1, 0.15) is 0 Å². The third-order valence-corrected chi connectivity index (χ3v) is 4.80. The molecule has 4 rings (SSSR count). The zero-order valence-electron chi connectivity index (χ0n) is 13.0. The van der Waals surface area contributed by atoms with Gasteiger partial charge in [0.05, 0.1) is 18.3 Å². The fraction of sp³-hybridized carbons (Fsp3) is 0.444. The highest BCUT2D eigenvalue weighted by molar-refractivity contribution is 5.95. The number of benzene rings is 1. The maximum absolute atomic E-state index is 12.9. The Kier molecular flexibility index (Phi) is 3.87. The summed E-state index contributed by atoms with van der Waals surface area (Å²) in [5.74, 6) is 0.819. The van der Waals surface area contributed by atoms with Gasteiger partial charge in [0.15, 0.2) is 12.2 Å². The lowest BCUT2D eigenvalue weighted by molar-refractivity contribution is 0.0297. The van der Waals surface area contributed by atoms with Crippen molar-refractivity contribution in [1.82, 2.24) is 9.88 Å². The maximum atomic E-state index is 12.9. The lowest BCUT2D eigenvalue weighted by atomic mass is 10.1. The normalized spacial score (nSPS) is 24.3. The van der Waals surface area contributed by atoms with E-state index in [4.69, 9.17) is 9.15 Å². The van der Waals surface area contributed by atoms with Crippen LogP contribution >= 0.6 is 0 Å². The van der Waals surface area contributed by atoms with Gasteiger partial charge in [-0.25, -0.2) is 4.98 Å². The van der Waals surface area contributed by atoms with Crippen LogP contribution in [0.1, 0.15) is 36.0 Å². The van der Waals surface area contributed by atoms with Crippen molar-refractivity contribution in [3.63, 3.8) is 0 Å². The van der Waals surface area contributed by atoms with E-state index in [-0.39, 0.29) is 18.1 Å². The summed E-state index contributed by atoms with van der Waals surface area (Å²) in [7, 11) is 0. The van der Waals surface area contributed by atoms with Gasteiger partial charge in [-0.3, -0.25) is 4.79 Å². The molecule has 1 aliphatic carbocycles. The fourth-order valence-electron chi connectivity index (χ4n) is 3.65. The molecule has 2 atom stereocenters. The number of amides is 1. The molecule has 2 heterocycles. The molecule has 0 spiro atoms. The van der Waals surface area contributed by atoms with Gasteiger partial charge in [-0.2, -0.15) is 0 Å². The van der Waals surface area contributed by atoms with Gasteiger partial charge < -0.3 is 14.1 Å². The minimum Gasteiger partial charge on any atom is -0.444 e. The third kappa shape index (κ3) is 2.77. The number of fused-ring (bicyclic) bond motifs is 1. The number of hydrogen-bond donors (Lipinski definition) is 0. The zero-order chi connectivity index (χ0) is 15.6. The van der Waals surface area contributed by atoms with E-state index >= 15 is 0 Å². The summed E-state index contributed by atoms with van der Waals surface area (Å²) in [6.45, 7) is 1.54. The van der Waals surface area contributed by atoms with Gasteiger partial charge in [0.2, 0.25) is 0 Å². The third-order valence-electron chi connectivity index (χ3n) is 4.80. The first-order valence-electron chi connectivity index (χ1n) is 8.24. The maximum Gasteiger partial charge on any atom is 0.254 e. The summed E-state index contributed by atoms with van der Waals surface area (Å²) in [6.07, 6.45) is 7.47. The first-order chi connectivity index (χ1) is 11.3. The Hall–Kier alpha value is -2.14. The van der Waals surface area contributed by atoms with Crippen LogP contribution in [0.3, 0.4) is 0 Å². The molecular formula is C18H20N2O3. The minimum absolute atomic E-state index is 0.108. The van der Waals surface area contributed by atoms with Crippen LogP contribution in [0, 0.1) is 0 Å². The van der Waals surface area contributed by atoms with Crippen molar-refractivity contribution < 1.29 is 13.9 Å². The van der Waals surface area contributed by atoms with E-state index in [1.807, 2.05) is 29.2 Å². The van der Waals surface area contributed by atoms with Gasteiger partial charge in [0, 0.05) is 24.3 Å². The molecule has 1 saturated heterocycles. The molecule has 2 aromatic rings. The molecule has 23 heavy (non-hydrogen) atoms. The largest absolute Gasteiger partial charge is 0.444 e. The number of rotatable bonds is 2. The lowest BCUT2D eigenvalue weighted by Gasteiger charge is -2.30. The Morgan fingerprint density at radius 2 is 2.04 bits per heavy atom. The number of aromatic nitrogens is 1. The van der Waals surface area contributed by atoms with Crippen molar-refractivity contribution in [3.05, 3.63) is 42.4 Å². The van der Waals surface area contributed by atoms with E-state index in [1.54, 1.807) is 6.20 Å². The SMILES string of the molecule is O=C(c1ccc(-c2cnco2)cc1)N1CCCOC2CCCC21. The summed E-state index contributed by atoms with van der Waals surface area (Å²) in [6, 6.07) is 7.80. The molecular weight excluding hydrogens is 292 g/mol. The Morgan fingerprint density at radius 1 is 1.17 bits per heavy atom. The molecule has 120 valence electrons. The van der Waals surface area contributed by atoms with Gasteiger partial charge in [-0.15, -0.1) is 0 Å². The summed E-state index contributed by atoms with van der Waals surface area (Å²) >= 11 is 0. The topological polar surface area (TPSA) is 55.6 Å². The summed E-state index contributed by atoms with van der Waals surface area (Å²) in [4.78, 5) is 18.9. The highest BCUT2D eigenvalue weighted by atomic mass is 16.5. The van der Waals surface area contributed by atoms with Crippen molar-refractivity contribution in [3.8, 4) is 11.3 Å². The molecule has 1 aromatic carbocycles. The first-order valence-corrected chi connectivity index (χ1v) is 8.24. The van der Waals surface area contributed by atoms with Crippen molar-refractivity contribution in [1.29, 1.82) is 0 Å². The van der Waals surface area contributed by atoms with E-state index in [1.165, 1.54) is 6.39 Å². The van der Waals surface area contributed by atoms with Crippen molar-refractivity contribution in [2.45, 2.75) is 37.8 Å². The first kappa shape index (κ1) is 14.5. The average Bonchev–Trinajstić information content (AvgIpc) is 3.24. The van der Waals surface area contributed by atoms with Crippen LogP contribution in [0.4, 0.5) is 0 Å². The second kappa shape index (κ2) is 6.16. The van der Waals surface area contributed by atoms with Crippen LogP contribution in [-0.2, 0) is 4.74 Å². The van der Waals surface area contributed by atoms with Gasteiger partial charge in [-0.1, -0.05) is 12.1 Å². The zero-order valence-corrected chi connectivity index (χ0v) is 13.0. The van der Waals surface area contributed by atoms with E-state index < -0.39 is 0 Å². The lowest BCUT2D eigenvalue weighted by Crippen LogP contribution is -2.43. The number of nitrogens with zero attached hydrogens (tertiary/aromatic N) is 2. The molecule has 1 saturated carbocycles. The molecule has 2 fully saturated rings. The Labute approximate surface area is 135 Å². The van der Waals surface area contributed by atoms with Crippen LogP contribution in [0.2, 0.25) is 0 Å². The predicted molar refractivity (Wildman–Crippen MR) is 85.0 cm³/mol. The number of oxazole rings is 1. The number of ether oxygens (including phenoxy) is 1. The van der Waals surface area contributed by atoms with Crippen molar-refractivity contribution in [2.75, 3.05) is 13.2 Å². The van der Waals surface area contributed by atoms with Crippen LogP contribution in [0.25, 0.3) is 11.3 Å². The molecule has 0 N–H and O–H groups in total. The van der Waals surface area contributed by atoms with Crippen LogP contribution in [-0.4, -0.2) is 41.1 Å². The summed E-state index contributed by atoms with van der Waals surface area (Å²) < 4.78 is 11.2. The van der Waals surface area contributed by atoms with Gasteiger partial charge in [0.25, 0.3) is 5.91 Å². The van der Waals surface area contributed by atoms with Crippen molar-refractivity contribution >= 4 is 5.91 Å². The van der Waals surface area contributed by atoms with Gasteiger partial charge >= 0.3 is 0 Å². The highest BCUT2D eigenvalue weighted by Crippen LogP contribution is 2.30. The van der Waals surface area contributed by atoms with Crippen LogP contribution in [0.15, 0.2) is 41.3 Å². The second-order valence-electron chi connectivity index (χ2n) is 6.20. The number of carbonyl (C=O) groups excluding carboxylic acids is 1. The predicted octanol–water partition coefficient (Wildman–Crippen LogP) is 3.13. The Balaban J connectivity index is 1.56. The molecule has 1 aromatic heterocycles. The molecule has 5 nitrogen and oxygen atoms in total. The van der Waals surface area contributed by atoms with Crippen molar-refractivity contribution in [2.24, 2.45) is 0 Å². The fourth-order valence-corrected chi connectivity index (χ4v) is 3.65. The van der Waals surface area contributed by atoms with Crippen LogP contribution < -0.4 is 0 Å². The van der Waals surface area contributed by atoms with Crippen LogP contribution in [0.5, 0.6) is 0 Å². The second-order valence-corrected chi connectivity index (χ2v) is 6.20. The monoisotopic (exact) mass is 312 g/mol. The average molecular weight is 312 g/mol. The van der Waals surface area contributed by atoms with Gasteiger partial charge in [-0.05, 0) is 37.8 Å². The quantitative estimate of drug-likeness (QED) is 0.855. The summed E-state index contributed by atoms with van der Waals surface area (Å²) in [5.41, 5.74) is 1.65. The number of hydrogen-bond acceptors (Lipinski definition) is 4. The van der Waals surface area contributed by atoms with E-state index in [9.17, 15) is 4.79 Å². The molecule has 1 aliphatic heterocycles. The molecule has 5 heteroatoms. The van der Waals surface area contributed by atoms with E-state index in [2.05, 4.69) is 4.98 Å². The molecule has 0 bridgehead atoms. The molecule has 2 aliphatic rings.